The Hall–Kier alpha value is -0.890. The van der Waals surface area contributed by atoms with Gasteiger partial charge < -0.3 is 5.32 Å². The van der Waals surface area contributed by atoms with Crippen LogP contribution in [-0.4, -0.2) is 21.8 Å². The molecule has 0 bridgehead atoms. The van der Waals surface area contributed by atoms with E-state index in [0.29, 0.717) is 6.54 Å². The molecule has 0 radical (unpaired) electrons. The van der Waals surface area contributed by atoms with E-state index in [9.17, 15) is 14.9 Å². The van der Waals surface area contributed by atoms with Crippen LogP contribution in [0.4, 0.5) is 5.69 Å². The molecule has 0 unspecified atom stereocenters. The predicted molar refractivity (Wildman–Crippen MR) is 83.2 cm³/mol. The molecule has 1 aromatic carbocycles. The lowest BCUT2D eigenvalue weighted by atomic mass is 10.2. The van der Waals surface area contributed by atoms with Crippen LogP contribution in [0.1, 0.15) is 29.6 Å². The monoisotopic (exact) mass is 396 g/mol. The molecule has 0 aliphatic rings. The quantitative estimate of drug-likeness (QED) is 0.252. The van der Waals surface area contributed by atoms with Gasteiger partial charge in [0.15, 0.2) is 0 Å². The summed E-state index contributed by atoms with van der Waals surface area (Å²) in [5.41, 5.74) is 0.0376. The lowest BCUT2D eigenvalue weighted by Crippen LogP contribution is -2.24. The van der Waals surface area contributed by atoms with Gasteiger partial charge in [0.25, 0.3) is 11.6 Å². The van der Waals surface area contributed by atoms with E-state index in [0.717, 1.165) is 23.7 Å². The number of unbranched alkanes of at least 4 members (excludes halogenated alkanes) is 2. The third-order valence-corrected chi connectivity index (χ3v) is 3.43. The fourth-order valence-electron chi connectivity index (χ4n) is 1.51. The van der Waals surface area contributed by atoms with Crippen LogP contribution in [0, 0.1) is 10.1 Å². The molecule has 0 saturated carbocycles. The van der Waals surface area contributed by atoms with Gasteiger partial charge in [0.2, 0.25) is 0 Å². The van der Waals surface area contributed by atoms with E-state index in [4.69, 9.17) is 11.6 Å². The van der Waals surface area contributed by atoms with Crippen molar-refractivity contribution in [3.05, 3.63) is 38.9 Å². The molecule has 5 nitrogen and oxygen atoms in total. The molecule has 1 aromatic rings. The van der Waals surface area contributed by atoms with Gasteiger partial charge in [0.05, 0.1) is 4.92 Å². The van der Waals surface area contributed by atoms with Gasteiger partial charge in [-0.05, 0) is 23.3 Å². The molecule has 0 fully saturated rings. The zero-order chi connectivity index (χ0) is 14.3. The maximum absolute atomic E-state index is 11.8. The highest BCUT2D eigenvalue weighted by Gasteiger charge is 2.13. The smallest absolute Gasteiger partial charge is 0.271 e. The number of carbonyl (C=O) groups excluding carboxylic acids is 1. The summed E-state index contributed by atoms with van der Waals surface area (Å²) in [4.78, 5) is 21.9. The summed E-state index contributed by atoms with van der Waals surface area (Å²) in [6.07, 6.45) is 3.08. The molecule has 0 heterocycles. The standard InChI is InChI=1S/C12H14ClIN2O3/c13-10-6-9(7-11(8-10)16(18)19)12(17)15-5-3-1-2-4-14/h6-8H,1-5H2,(H,15,17). The minimum atomic E-state index is -0.566. The molecule has 0 saturated heterocycles. The maximum Gasteiger partial charge on any atom is 0.271 e. The topological polar surface area (TPSA) is 72.2 Å². The van der Waals surface area contributed by atoms with Crippen molar-refractivity contribution in [2.45, 2.75) is 19.3 Å². The second-order valence-electron chi connectivity index (χ2n) is 3.96. The third kappa shape index (κ3) is 5.73. The molecular weight excluding hydrogens is 383 g/mol. The summed E-state index contributed by atoms with van der Waals surface area (Å²) in [6, 6.07) is 3.87. The Morgan fingerprint density at radius 1 is 1.32 bits per heavy atom. The Morgan fingerprint density at radius 3 is 2.68 bits per heavy atom. The normalized spacial score (nSPS) is 10.2. The summed E-state index contributed by atoms with van der Waals surface area (Å²) in [5, 5.41) is 13.6. The van der Waals surface area contributed by atoms with Crippen LogP contribution in [-0.2, 0) is 0 Å². The number of carbonyl (C=O) groups is 1. The van der Waals surface area contributed by atoms with Gasteiger partial charge in [0.1, 0.15) is 0 Å². The Labute approximate surface area is 130 Å². The molecular formula is C12H14ClIN2O3. The van der Waals surface area contributed by atoms with E-state index in [1.165, 1.54) is 18.2 Å². The van der Waals surface area contributed by atoms with E-state index in [1.807, 2.05) is 0 Å². The van der Waals surface area contributed by atoms with Crippen LogP contribution in [0.3, 0.4) is 0 Å². The lowest BCUT2D eigenvalue weighted by molar-refractivity contribution is -0.384. The lowest BCUT2D eigenvalue weighted by Gasteiger charge is -2.05. The van der Waals surface area contributed by atoms with Crippen molar-refractivity contribution in [2.75, 3.05) is 11.0 Å². The van der Waals surface area contributed by atoms with Crippen LogP contribution < -0.4 is 5.32 Å². The number of non-ortho nitro benzene ring substituents is 1. The van der Waals surface area contributed by atoms with E-state index >= 15 is 0 Å². The van der Waals surface area contributed by atoms with Crippen LogP contribution in [0.15, 0.2) is 18.2 Å². The van der Waals surface area contributed by atoms with Crippen LogP contribution in [0.25, 0.3) is 0 Å². The van der Waals surface area contributed by atoms with Crippen LogP contribution >= 0.6 is 34.2 Å². The number of halogens is 2. The van der Waals surface area contributed by atoms with Crippen molar-refractivity contribution >= 4 is 45.8 Å². The van der Waals surface area contributed by atoms with E-state index in [1.54, 1.807) is 0 Å². The number of nitrogens with zero attached hydrogens (tertiary/aromatic N) is 1. The Kier molecular flexibility index (Phi) is 7.07. The van der Waals surface area contributed by atoms with Crippen molar-refractivity contribution in [3.63, 3.8) is 0 Å². The van der Waals surface area contributed by atoms with Gasteiger partial charge in [0, 0.05) is 29.3 Å². The number of rotatable bonds is 7. The minimum absolute atomic E-state index is 0.178. The first-order chi connectivity index (χ1) is 9.04. The molecule has 1 amide bonds. The second kappa shape index (κ2) is 8.31. The van der Waals surface area contributed by atoms with E-state index in [-0.39, 0.29) is 22.2 Å². The van der Waals surface area contributed by atoms with Gasteiger partial charge in [-0.1, -0.05) is 40.6 Å². The molecule has 7 heteroatoms. The number of alkyl halides is 1. The number of amides is 1. The van der Waals surface area contributed by atoms with E-state index in [2.05, 4.69) is 27.9 Å². The largest absolute Gasteiger partial charge is 0.352 e. The Balaban J connectivity index is 2.59. The molecule has 19 heavy (non-hydrogen) atoms. The summed E-state index contributed by atoms with van der Waals surface area (Å²) in [7, 11) is 0. The number of hydrogen-bond acceptors (Lipinski definition) is 3. The maximum atomic E-state index is 11.8. The number of nitro groups is 1. The van der Waals surface area contributed by atoms with Gasteiger partial charge in [-0.2, -0.15) is 0 Å². The fourth-order valence-corrected chi connectivity index (χ4v) is 2.28. The van der Waals surface area contributed by atoms with E-state index < -0.39 is 4.92 Å². The molecule has 0 spiro atoms. The molecule has 1 N–H and O–H groups in total. The highest BCUT2D eigenvalue weighted by molar-refractivity contribution is 14.1. The number of nitro benzene ring substituents is 1. The van der Waals surface area contributed by atoms with Crippen molar-refractivity contribution in [1.82, 2.24) is 5.32 Å². The zero-order valence-corrected chi connectivity index (χ0v) is 13.1. The number of nitrogens with one attached hydrogen (secondary N) is 1. The molecule has 0 aliphatic carbocycles. The summed E-state index contributed by atoms with van der Waals surface area (Å²) in [5.74, 6) is -0.333. The third-order valence-electron chi connectivity index (χ3n) is 2.45. The molecule has 104 valence electrons. The van der Waals surface area contributed by atoms with Gasteiger partial charge in [-0.3, -0.25) is 14.9 Å². The second-order valence-corrected chi connectivity index (χ2v) is 5.48. The van der Waals surface area contributed by atoms with Crippen LogP contribution in [0.2, 0.25) is 5.02 Å². The molecule has 0 aromatic heterocycles. The first kappa shape index (κ1) is 16.2. The summed E-state index contributed by atoms with van der Waals surface area (Å²) < 4.78 is 1.10. The minimum Gasteiger partial charge on any atom is -0.352 e. The number of benzene rings is 1. The average Bonchev–Trinajstić information content (AvgIpc) is 2.37. The fraction of sp³-hybridized carbons (Fsp3) is 0.417. The van der Waals surface area contributed by atoms with Crippen molar-refractivity contribution in [2.24, 2.45) is 0 Å². The van der Waals surface area contributed by atoms with Crippen molar-refractivity contribution < 1.29 is 9.72 Å². The average molecular weight is 397 g/mol. The summed E-state index contributed by atoms with van der Waals surface area (Å²) >= 11 is 8.06. The Bertz CT molecular complexity index is 468. The van der Waals surface area contributed by atoms with Crippen molar-refractivity contribution in [1.29, 1.82) is 0 Å². The van der Waals surface area contributed by atoms with Crippen LogP contribution in [0.5, 0.6) is 0 Å². The highest BCUT2D eigenvalue weighted by Crippen LogP contribution is 2.20. The van der Waals surface area contributed by atoms with Gasteiger partial charge in [-0.15, -0.1) is 0 Å². The Morgan fingerprint density at radius 2 is 2.05 bits per heavy atom. The predicted octanol–water partition coefficient (Wildman–Crippen LogP) is 3.58. The van der Waals surface area contributed by atoms with Gasteiger partial charge >= 0.3 is 0 Å². The van der Waals surface area contributed by atoms with Gasteiger partial charge in [-0.25, -0.2) is 0 Å². The van der Waals surface area contributed by atoms with Crippen molar-refractivity contribution in [3.8, 4) is 0 Å². The molecule has 0 aliphatic heterocycles. The molecule has 1 rings (SSSR count). The highest BCUT2D eigenvalue weighted by atomic mass is 127. The number of hydrogen-bond donors (Lipinski definition) is 1. The molecule has 0 atom stereocenters. The SMILES string of the molecule is O=C(NCCCCCI)c1cc(Cl)cc([N+](=O)[O-])c1. The summed E-state index contributed by atoms with van der Waals surface area (Å²) in [6.45, 7) is 0.565. The first-order valence-electron chi connectivity index (χ1n) is 5.83. The zero-order valence-electron chi connectivity index (χ0n) is 10.2. The first-order valence-corrected chi connectivity index (χ1v) is 7.74.